The molecule has 0 spiro atoms. The van der Waals surface area contributed by atoms with Gasteiger partial charge >= 0.3 is 5.97 Å². The van der Waals surface area contributed by atoms with E-state index in [1.165, 1.54) is 6.92 Å². The van der Waals surface area contributed by atoms with Crippen LogP contribution in [0.25, 0.3) is 0 Å². The predicted octanol–water partition coefficient (Wildman–Crippen LogP) is 2.59. The molecule has 2 amide bonds. The number of carbonyl (C=O) groups excluding carboxylic acids is 3. The van der Waals surface area contributed by atoms with Gasteiger partial charge in [-0.2, -0.15) is 0 Å². The van der Waals surface area contributed by atoms with Gasteiger partial charge in [-0.1, -0.05) is 24.6 Å². The molecule has 1 atom stereocenters. The summed E-state index contributed by atoms with van der Waals surface area (Å²) >= 11 is 0. The van der Waals surface area contributed by atoms with Gasteiger partial charge < -0.3 is 15.0 Å². The van der Waals surface area contributed by atoms with Crippen molar-refractivity contribution in [2.75, 3.05) is 18.1 Å². The van der Waals surface area contributed by atoms with Crippen LogP contribution >= 0.6 is 0 Å². The maximum Gasteiger partial charge on any atom is 0.306 e. The summed E-state index contributed by atoms with van der Waals surface area (Å²) in [6, 6.07) is 7.98. The van der Waals surface area contributed by atoms with Crippen LogP contribution in [0.4, 0.5) is 5.69 Å². The Kier molecular flexibility index (Phi) is 7.63. The second kappa shape index (κ2) is 9.94. The van der Waals surface area contributed by atoms with E-state index < -0.39 is 0 Å². The van der Waals surface area contributed by atoms with Crippen LogP contribution in [0.2, 0.25) is 0 Å². The van der Waals surface area contributed by atoms with Crippen molar-refractivity contribution in [2.45, 2.75) is 58.4 Å². The van der Waals surface area contributed by atoms with Crippen molar-refractivity contribution in [1.29, 1.82) is 0 Å². The lowest BCUT2D eigenvalue weighted by Gasteiger charge is -2.35. The number of nitrogens with one attached hydrogen (secondary N) is 1. The van der Waals surface area contributed by atoms with Gasteiger partial charge in [-0.15, -0.1) is 0 Å². The summed E-state index contributed by atoms with van der Waals surface area (Å²) in [6.07, 6.45) is 4.51. The van der Waals surface area contributed by atoms with Crippen LogP contribution in [0.15, 0.2) is 24.3 Å². The molecule has 6 heteroatoms. The number of nitrogens with zero attached hydrogens (tertiary/aromatic N) is 1. The van der Waals surface area contributed by atoms with E-state index in [1.807, 2.05) is 31.2 Å². The van der Waals surface area contributed by atoms with Crippen molar-refractivity contribution in [3.8, 4) is 0 Å². The Morgan fingerprint density at radius 1 is 1.19 bits per heavy atom. The number of aryl methyl sites for hydroxylation is 1. The Morgan fingerprint density at radius 3 is 2.73 bits per heavy atom. The number of unbranched alkanes of at least 4 members (excludes halogenated alkanes) is 2. The molecule has 0 aliphatic carbocycles. The Hall–Kier alpha value is -2.37. The molecule has 142 valence electrons. The van der Waals surface area contributed by atoms with Crippen molar-refractivity contribution in [3.63, 3.8) is 0 Å². The first-order valence-electron chi connectivity index (χ1n) is 9.29. The monoisotopic (exact) mass is 360 g/mol. The average Bonchev–Trinajstić information content (AvgIpc) is 2.62. The molecular formula is C20H28N2O4. The van der Waals surface area contributed by atoms with Crippen molar-refractivity contribution >= 4 is 23.5 Å². The molecule has 0 bridgehead atoms. The van der Waals surface area contributed by atoms with Gasteiger partial charge in [0.05, 0.1) is 0 Å². The molecule has 26 heavy (non-hydrogen) atoms. The van der Waals surface area contributed by atoms with Crippen LogP contribution < -0.4 is 10.2 Å². The first-order valence-corrected chi connectivity index (χ1v) is 9.29. The first kappa shape index (κ1) is 19.9. The first-order chi connectivity index (χ1) is 12.5. The predicted molar refractivity (Wildman–Crippen MR) is 99.8 cm³/mol. The molecule has 1 aliphatic heterocycles. The number of para-hydroxylation sites is 1. The lowest BCUT2D eigenvalue weighted by Crippen LogP contribution is -2.44. The Morgan fingerprint density at radius 2 is 1.96 bits per heavy atom. The fourth-order valence-electron chi connectivity index (χ4n) is 3.19. The highest BCUT2D eigenvalue weighted by molar-refractivity contribution is 5.96. The van der Waals surface area contributed by atoms with E-state index in [2.05, 4.69) is 5.32 Å². The van der Waals surface area contributed by atoms with Crippen LogP contribution in [-0.4, -0.2) is 37.0 Å². The van der Waals surface area contributed by atoms with Gasteiger partial charge in [0.1, 0.15) is 0 Å². The zero-order valence-electron chi connectivity index (χ0n) is 15.6. The van der Waals surface area contributed by atoms with E-state index in [9.17, 15) is 14.4 Å². The van der Waals surface area contributed by atoms with Crippen molar-refractivity contribution < 1.29 is 19.1 Å². The summed E-state index contributed by atoms with van der Waals surface area (Å²) < 4.78 is 5.17. The fraction of sp³-hybridized carbons (Fsp3) is 0.550. The second-order valence-corrected chi connectivity index (χ2v) is 6.73. The van der Waals surface area contributed by atoms with Crippen LogP contribution in [0, 0.1) is 0 Å². The molecule has 1 aliphatic rings. The van der Waals surface area contributed by atoms with Crippen molar-refractivity contribution in [3.05, 3.63) is 29.8 Å². The van der Waals surface area contributed by atoms with Gasteiger partial charge in [0.25, 0.3) is 5.91 Å². The minimum atomic E-state index is -0.351. The Bertz CT molecular complexity index is 644. The molecular weight excluding hydrogens is 332 g/mol. The third kappa shape index (κ3) is 5.86. The molecule has 0 saturated carbocycles. The van der Waals surface area contributed by atoms with Gasteiger partial charge in [0, 0.05) is 31.6 Å². The van der Waals surface area contributed by atoms with E-state index >= 15 is 0 Å². The fourth-order valence-corrected chi connectivity index (χ4v) is 3.19. The summed E-state index contributed by atoms with van der Waals surface area (Å²) in [5.41, 5.74) is 2.08. The lowest BCUT2D eigenvalue weighted by molar-refractivity contribution is -0.148. The molecule has 0 radical (unpaired) electrons. The van der Waals surface area contributed by atoms with Crippen LogP contribution in [-0.2, 0) is 25.5 Å². The van der Waals surface area contributed by atoms with Gasteiger partial charge in [-0.05, 0) is 44.2 Å². The smallest absolute Gasteiger partial charge is 0.306 e. The summed E-state index contributed by atoms with van der Waals surface area (Å²) in [6.45, 7) is 3.90. The Labute approximate surface area is 154 Å². The number of benzene rings is 1. The van der Waals surface area contributed by atoms with E-state index in [0.717, 1.165) is 36.9 Å². The number of anilines is 1. The zero-order valence-corrected chi connectivity index (χ0v) is 15.6. The number of hydrogen-bond acceptors (Lipinski definition) is 4. The standard InChI is InChI=1S/C20H28N2O4/c1-15-11-12-17-8-5-6-9-18(17)22(15)19(24)14-26-20(25)10-4-3-7-13-21-16(2)23/h5-6,8-9,15H,3-4,7,10-14H2,1-2H3,(H,21,23). The number of fused-ring (bicyclic) bond motifs is 1. The molecule has 1 heterocycles. The molecule has 6 nitrogen and oxygen atoms in total. The SMILES string of the molecule is CC(=O)NCCCCCC(=O)OCC(=O)N1c2ccccc2CCC1C. The maximum atomic E-state index is 12.6. The molecule has 0 fully saturated rings. The molecule has 0 saturated heterocycles. The summed E-state index contributed by atoms with van der Waals surface area (Å²) in [7, 11) is 0. The largest absolute Gasteiger partial charge is 0.456 e. The minimum Gasteiger partial charge on any atom is -0.456 e. The summed E-state index contributed by atoms with van der Waals surface area (Å²) in [5.74, 6) is -0.573. The third-order valence-corrected chi connectivity index (χ3v) is 4.58. The summed E-state index contributed by atoms with van der Waals surface area (Å²) in [4.78, 5) is 36.9. The number of rotatable bonds is 8. The second-order valence-electron chi connectivity index (χ2n) is 6.73. The third-order valence-electron chi connectivity index (χ3n) is 4.58. The van der Waals surface area contributed by atoms with Crippen LogP contribution in [0.3, 0.4) is 0 Å². The highest BCUT2D eigenvalue weighted by Gasteiger charge is 2.28. The highest BCUT2D eigenvalue weighted by atomic mass is 16.5. The van der Waals surface area contributed by atoms with E-state index in [-0.39, 0.29) is 30.4 Å². The number of hydrogen-bond donors (Lipinski definition) is 1. The average molecular weight is 360 g/mol. The molecule has 1 unspecified atom stereocenters. The number of carbonyl (C=O) groups is 3. The molecule has 1 aromatic rings. The molecule has 1 N–H and O–H groups in total. The van der Waals surface area contributed by atoms with E-state index in [4.69, 9.17) is 4.74 Å². The van der Waals surface area contributed by atoms with Gasteiger partial charge in [-0.3, -0.25) is 14.4 Å². The van der Waals surface area contributed by atoms with E-state index in [0.29, 0.717) is 19.4 Å². The zero-order chi connectivity index (χ0) is 18.9. The van der Waals surface area contributed by atoms with Gasteiger partial charge in [0.15, 0.2) is 6.61 Å². The van der Waals surface area contributed by atoms with Gasteiger partial charge in [0.2, 0.25) is 5.91 Å². The van der Waals surface area contributed by atoms with Crippen molar-refractivity contribution in [2.24, 2.45) is 0 Å². The van der Waals surface area contributed by atoms with Crippen LogP contribution in [0.1, 0.15) is 51.5 Å². The topological polar surface area (TPSA) is 75.7 Å². The molecule has 1 aromatic carbocycles. The maximum absolute atomic E-state index is 12.6. The summed E-state index contributed by atoms with van der Waals surface area (Å²) in [5, 5.41) is 2.72. The number of ether oxygens (including phenoxy) is 1. The highest BCUT2D eigenvalue weighted by Crippen LogP contribution is 2.30. The lowest BCUT2D eigenvalue weighted by atomic mass is 9.96. The number of amides is 2. The quantitative estimate of drug-likeness (QED) is 0.571. The molecule has 0 aromatic heterocycles. The Balaban J connectivity index is 1.73. The van der Waals surface area contributed by atoms with E-state index in [1.54, 1.807) is 4.90 Å². The van der Waals surface area contributed by atoms with Crippen molar-refractivity contribution in [1.82, 2.24) is 5.32 Å². The minimum absolute atomic E-state index is 0.0450. The van der Waals surface area contributed by atoms with Crippen LogP contribution in [0.5, 0.6) is 0 Å². The molecule has 2 rings (SSSR count). The normalized spacial score (nSPS) is 15.9. The number of esters is 1. The van der Waals surface area contributed by atoms with Gasteiger partial charge in [-0.25, -0.2) is 0 Å².